The summed E-state index contributed by atoms with van der Waals surface area (Å²) in [6.07, 6.45) is 13.9. The van der Waals surface area contributed by atoms with Gasteiger partial charge in [0.2, 0.25) is 23.6 Å². The number of nitrogens with one attached hydrogen (secondary N) is 3. The Hall–Kier alpha value is -1.92. The number of carbonyl (C=O) groups excluding carboxylic acids is 4. The second-order valence-electron chi connectivity index (χ2n) is 8.89. The second kappa shape index (κ2) is 13.4. The smallest absolute Gasteiger partial charge is 0.249 e. The van der Waals surface area contributed by atoms with Crippen LogP contribution in [0, 0.1) is 5.92 Å². The van der Waals surface area contributed by atoms with Gasteiger partial charge in [0, 0.05) is 12.8 Å². The molecule has 0 spiro atoms. The number of hydrogen-bond donors (Lipinski definition) is 3. The van der Waals surface area contributed by atoms with Crippen molar-refractivity contribution in [2.75, 3.05) is 0 Å². The molecule has 30 heavy (non-hydrogen) atoms. The van der Waals surface area contributed by atoms with Gasteiger partial charge in [0.05, 0.1) is 0 Å². The average molecular weight is 422 g/mol. The normalized spacial score (nSPS) is 21.0. The molecule has 2 aliphatic rings. The lowest BCUT2D eigenvalue weighted by Gasteiger charge is -2.29. The van der Waals surface area contributed by atoms with Gasteiger partial charge >= 0.3 is 0 Å². The van der Waals surface area contributed by atoms with Crippen LogP contribution in [-0.4, -0.2) is 35.7 Å². The Morgan fingerprint density at radius 2 is 1.70 bits per heavy atom. The van der Waals surface area contributed by atoms with Gasteiger partial charge in [-0.3, -0.25) is 24.5 Å². The van der Waals surface area contributed by atoms with Gasteiger partial charge in [-0.2, -0.15) is 0 Å². The predicted molar refractivity (Wildman–Crippen MR) is 115 cm³/mol. The lowest BCUT2D eigenvalue weighted by atomic mass is 9.84. The van der Waals surface area contributed by atoms with Crippen LogP contribution in [0.1, 0.15) is 103 Å². The highest BCUT2D eigenvalue weighted by Gasteiger charge is 2.32. The Balaban J connectivity index is 1.85. The third kappa shape index (κ3) is 8.84. The summed E-state index contributed by atoms with van der Waals surface area (Å²) in [6.45, 7) is 2.18. The summed E-state index contributed by atoms with van der Waals surface area (Å²) >= 11 is 0. The Bertz CT molecular complexity index is 587. The zero-order valence-electron chi connectivity index (χ0n) is 18.5. The predicted octanol–water partition coefficient (Wildman–Crippen LogP) is 3.11. The quantitative estimate of drug-likeness (QED) is 0.333. The molecule has 1 saturated carbocycles. The van der Waals surface area contributed by atoms with Crippen LogP contribution in [0.25, 0.3) is 0 Å². The van der Waals surface area contributed by atoms with E-state index in [0.29, 0.717) is 25.2 Å². The molecule has 1 saturated heterocycles. The van der Waals surface area contributed by atoms with E-state index in [1.54, 1.807) is 0 Å². The van der Waals surface area contributed by atoms with Crippen molar-refractivity contribution in [1.82, 2.24) is 16.0 Å². The topological polar surface area (TPSA) is 104 Å². The SMILES string of the molecule is CCCCCCCCC(=O)N[C@@H](CC1CCCCC1)C(=O)NC1CCC(=O)NC1=O. The molecule has 2 rings (SSSR count). The molecule has 0 radical (unpaired) electrons. The third-order valence-electron chi connectivity index (χ3n) is 6.26. The van der Waals surface area contributed by atoms with E-state index in [1.807, 2.05) is 0 Å². The van der Waals surface area contributed by atoms with E-state index >= 15 is 0 Å². The fraction of sp³-hybridized carbons (Fsp3) is 0.826. The van der Waals surface area contributed by atoms with Crippen LogP contribution in [0.15, 0.2) is 0 Å². The number of piperidine rings is 1. The van der Waals surface area contributed by atoms with Crippen molar-refractivity contribution in [1.29, 1.82) is 0 Å². The molecule has 170 valence electrons. The van der Waals surface area contributed by atoms with E-state index in [4.69, 9.17) is 0 Å². The van der Waals surface area contributed by atoms with Crippen LogP contribution in [0.4, 0.5) is 0 Å². The Kier molecular flexibility index (Phi) is 10.9. The van der Waals surface area contributed by atoms with Gasteiger partial charge in [-0.05, 0) is 25.2 Å². The molecule has 7 nitrogen and oxygen atoms in total. The largest absolute Gasteiger partial charge is 0.344 e. The first kappa shape index (κ1) is 24.4. The molecule has 7 heteroatoms. The number of imide groups is 1. The van der Waals surface area contributed by atoms with Crippen LogP contribution in [0.3, 0.4) is 0 Å². The lowest BCUT2D eigenvalue weighted by Crippen LogP contribution is -2.56. The van der Waals surface area contributed by atoms with Crippen LogP contribution in [0.5, 0.6) is 0 Å². The highest BCUT2D eigenvalue weighted by molar-refractivity contribution is 6.02. The van der Waals surface area contributed by atoms with E-state index in [-0.39, 0.29) is 24.1 Å². The molecule has 0 bridgehead atoms. The van der Waals surface area contributed by atoms with Gasteiger partial charge in [0.15, 0.2) is 0 Å². The molecule has 2 fully saturated rings. The lowest BCUT2D eigenvalue weighted by molar-refractivity contribution is -0.138. The number of amides is 4. The molecule has 4 amide bonds. The van der Waals surface area contributed by atoms with Crippen LogP contribution in [-0.2, 0) is 19.2 Å². The highest BCUT2D eigenvalue weighted by Crippen LogP contribution is 2.27. The van der Waals surface area contributed by atoms with Gasteiger partial charge < -0.3 is 10.6 Å². The van der Waals surface area contributed by atoms with E-state index < -0.39 is 18.0 Å². The zero-order valence-corrected chi connectivity index (χ0v) is 18.5. The summed E-state index contributed by atoms with van der Waals surface area (Å²) in [5.74, 6) is -0.757. The maximum absolute atomic E-state index is 12.9. The Morgan fingerprint density at radius 3 is 2.40 bits per heavy atom. The fourth-order valence-electron chi connectivity index (χ4n) is 4.42. The monoisotopic (exact) mass is 421 g/mol. The molecule has 0 aromatic rings. The molecule has 1 unspecified atom stereocenters. The molecular weight excluding hydrogens is 382 g/mol. The minimum atomic E-state index is -0.709. The summed E-state index contributed by atoms with van der Waals surface area (Å²) in [5.41, 5.74) is 0. The van der Waals surface area contributed by atoms with Crippen molar-refractivity contribution in [2.45, 2.75) is 115 Å². The Morgan fingerprint density at radius 1 is 1.00 bits per heavy atom. The maximum Gasteiger partial charge on any atom is 0.249 e. The first-order valence-corrected chi connectivity index (χ1v) is 11.9. The number of hydrogen-bond acceptors (Lipinski definition) is 4. The van der Waals surface area contributed by atoms with Crippen molar-refractivity contribution in [3.05, 3.63) is 0 Å². The fourth-order valence-corrected chi connectivity index (χ4v) is 4.42. The molecule has 3 N–H and O–H groups in total. The van der Waals surface area contributed by atoms with Crippen LogP contribution < -0.4 is 16.0 Å². The molecule has 1 aliphatic heterocycles. The first-order chi connectivity index (χ1) is 14.5. The van der Waals surface area contributed by atoms with E-state index in [9.17, 15) is 19.2 Å². The molecule has 0 aromatic carbocycles. The highest BCUT2D eigenvalue weighted by atomic mass is 16.2. The Labute approximate surface area is 180 Å². The number of carbonyl (C=O) groups is 4. The standard InChI is InChI=1S/C23H39N3O4/c1-2-3-4-5-6-10-13-20(27)24-19(16-17-11-8-7-9-12-17)23(30)25-18-14-15-21(28)26-22(18)29/h17-19H,2-16H2,1H3,(H,24,27)(H,25,30)(H,26,28,29)/t18?,19-/m0/s1. The van der Waals surface area contributed by atoms with Crippen molar-refractivity contribution >= 4 is 23.6 Å². The number of unbranched alkanes of at least 4 members (excludes halogenated alkanes) is 5. The minimum absolute atomic E-state index is 0.0928. The molecule has 2 atom stereocenters. The van der Waals surface area contributed by atoms with Gasteiger partial charge in [0.1, 0.15) is 12.1 Å². The van der Waals surface area contributed by atoms with Gasteiger partial charge in [-0.15, -0.1) is 0 Å². The first-order valence-electron chi connectivity index (χ1n) is 11.9. The second-order valence-corrected chi connectivity index (χ2v) is 8.89. The molecule has 1 aliphatic carbocycles. The van der Waals surface area contributed by atoms with Crippen molar-refractivity contribution in [3.8, 4) is 0 Å². The van der Waals surface area contributed by atoms with E-state index in [2.05, 4.69) is 22.9 Å². The summed E-state index contributed by atoms with van der Waals surface area (Å²) in [7, 11) is 0. The summed E-state index contributed by atoms with van der Waals surface area (Å²) in [4.78, 5) is 48.7. The van der Waals surface area contributed by atoms with Gasteiger partial charge in [-0.1, -0.05) is 71.1 Å². The van der Waals surface area contributed by atoms with Gasteiger partial charge in [-0.25, -0.2) is 0 Å². The van der Waals surface area contributed by atoms with Crippen LogP contribution >= 0.6 is 0 Å². The number of rotatable bonds is 12. The van der Waals surface area contributed by atoms with Crippen molar-refractivity contribution < 1.29 is 19.2 Å². The summed E-state index contributed by atoms with van der Waals surface area (Å²) < 4.78 is 0. The van der Waals surface area contributed by atoms with Crippen molar-refractivity contribution in [3.63, 3.8) is 0 Å². The zero-order chi connectivity index (χ0) is 21.8. The molecule has 0 aromatic heterocycles. The third-order valence-corrected chi connectivity index (χ3v) is 6.26. The van der Waals surface area contributed by atoms with E-state index in [0.717, 1.165) is 44.9 Å². The minimum Gasteiger partial charge on any atom is -0.344 e. The van der Waals surface area contributed by atoms with Crippen LogP contribution in [0.2, 0.25) is 0 Å². The maximum atomic E-state index is 12.9. The summed E-state index contributed by atoms with van der Waals surface area (Å²) in [5, 5.41) is 7.95. The molecular formula is C23H39N3O4. The molecule has 1 heterocycles. The van der Waals surface area contributed by atoms with Gasteiger partial charge in [0.25, 0.3) is 0 Å². The summed E-state index contributed by atoms with van der Waals surface area (Å²) in [6, 6.07) is -1.33. The van der Waals surface area contributed by atoms with E-state index in [1.165, 1.54) is 25.7 Å². The average Bonchev–Trinajstić information content (AvgIpc) is 2.73. The van der Waals surface area contributed by atoms with Crippen molar-refractivity contribution in [2.24, 2.45) is 5.92 Å².